The Labute approximate surface area is 201 Å². The number of hydrogen-bond acceptors (Lipinski definition) is 10. The Kier molecular flexibility index (Phi) is 8.84. The molecule has 1 heterocycles. The van der Waals surface area contributed by atoms with Crippen molar-refractivity contribution < 1.29 is 30.8 Å². The molecule has 2 rings (SSSR count). The fourth-order valence-electron chi connectivity index (χ4n) is 3.42. The van der Waals surface area contributed by atoms with Crippen LogP contribution in [0.1, 0.15) is 24.2 Å². The Morgan fingerprint density at radius 1 is 1.18 bits per heavy atom. The van der Waals surface area contributed by atoms with Gasteiger partial charge in [-0.1, -0.05) is 15.9 Å². The van der Waals surface area contributed by atoms with Crippen LogP contribution in [0, 0.1) is 10.1 Å². The number of hydroxylamine groups is 1. The molecule has 0 unspecified atom stereocenters. The number of hydrogen-bond donors (Lipinski definition) is 0. The lowest BCUT2D eigenvalue weighted by molar-refractivity contribution is -0.385. The van der Waals surface area contributed by atoms with Gasteiger partial charge in [-0.05, 0) is 19.9 Å². The minimum atomic E-state index is -4.07. The van der Waals surface area contributed by atoms with Crippen LogP contribution in [0.25, 0.3) is 0 Å². The molecule has 0 aromatic heterocycles. The van der Waals surface area contributed by atoms with E-state index >= 15 is 0 Å². The summed E-state index contributed by atoms with van der Waals surface area (Å²) in [6, 6.07) is 2.07. The summed E-state index contributed by atoms with van der Waals surface area (Å²) in [5.74, 6) is -0.649. The van der Waals surface area contributed by atoms with Gasteiger partial charge >= 0.3 is 0 Å². The van der Waals surface area contributed by atoms with Crippen molar-refractivity contribution in [3.05, 3.63) is 27.8 Å². The molecule has 0 N–H and O–H groups in total. The summed E-state index contributed by atoms with van der Waals surface area (Å²) < 4.78 is 53.3. The van der Waals surface area contributed by atoms with E-state index in [-0.39, 0.29) is 29.2 Å². The monoisotopic (exact) mass is 570 g/mol. The van der Waals surface area contributed by atoms with Crippen LogP contribution in [0.15, 0.2) is 17.0 Å². The van der Waals surface area contributed by atoms with Crippen molar-refractivity contribution in [2.75, 3.05) is 55.6 Å². The minimum Gasteiger partial charge on any atom is -0.336 e. The maximum absolute atomic E-state index is 13.2. The van der Waals surface area contributed by atoms with Crippen LogP contribution >= 0.6 is 15.9 Å². The second kappa shape index (κ2) is 10.6. The van der Waals surface area contributed by atoms with Crippen molar-refractivity contribution >= 4 is 53.2 Å². The first-order valence-corrected chi connectivity index (χ1v) is 14.8. The Morgan fingerprint density at radius 2 is 1.76 bits per heavy atom. The fourth-order valence-corrected chi connectivity index (χ4v) is 5.09. The molecule has 15 heteroatoms. The number of nitro benzene ring substituents is 1. The lowest BCUT2D eigenvalue weighted by Gasteiger charge is -2.37. The zero-order valence-electron chi connectivity index (χ0n) is 18.7. The van der Waals surface area contributed by atoms with Crippen LogP contribution in [0.2, 0.25) is 0 Å². The lowest BCUT2D eigenvalue weighted by Crippen LogP contribution is -2.50. The molecule has 33 heavy (non-hydrogen) atoms. The highest BCUT2D eigenvalue weighted by Crippen LogP contribution is 2.34. The first-order chi connectivity index (χ1) is 15.2. The molecule has 0 aliphatic carbocycles. The molecule has 1 aromatic carbocycles. The maximum atomic E-state index is 13.2. The highest BCUT2D eigenvalue weighted by atomic mass is 79.9. The van der Waals surface area contributed by atoms with Crippen molar-refractivity contribution in [2.24, 2.45) is 0 Å². The van der Waals surface area contributed by atoms with Crippen LogP contribution in [0.3, 0.4) is 0 Å². The van der Waals surface area contributed by atoms with Crippen molar-refractivity contribution in [3.63, 3.8) is 0 Å². The van der Waals surface area contributed by atoms with Gasteiger partial charge in [0.1, 0.15) is 5.56 Å². The Balaban J connectivity index is 2.64. The predicted molar refractivity (Wildman–Crippen MR) is 126 cm³/mol. The standard InChI is InChI=1S/C18H27BrN4O8S2/c1-13(2)20-7-9-21(10-8-20)18(24)14-11-16(22(6-5-19)31-33(4,29)30)17(32(3,27)28)12-15(14)23(25)26/h11-13H,5-10H2,1-4H3. The quantitative estimate of drug-likeness (QED) is 0.241. The summed E-state index contributed by atoms with van der Waals surface area (Å²) >= 11 is 3.14. The van der Waals surface area contributed by atoms with Crippen LogP contribution in [-0.2, 0) is 24.2 Å². The molecule has 0 atom stereocenters. The molecule has 0 bridgehead atoms. The molecule has 186 valence electrons. The van der Waals surface area contributed by atoms with Gasteiger partial charge in [-0.3, -0.25) is 19.8 Å². The van der Waals surface area contributed by atoms with E-state index in [1.165, 1.54) is 4.90 Å². The second-order valence-electron chi connectivity index (χ2n) is 7.86. The van der Waals surface area contributed by atoms with Crippen molar-refractivity contribution in [1.82, 2.24) is 9.80 Å². The van der Waals surface area contributed by atoms with Crippen LogP contribution in [0.5, 0.6) is 0 Å². The molecule has 0 radical (unpaired) electrons. The highest BCUT2D eigenvalue weighted by Gasteiger charge is 2.33. The molecule has 0 saturated carbocycles. The van der Waals surface area contributed by atoms with Crippen molar-refractivity contribution in [2.45, 2.75) is 24.8 Å². The molecule has 1 amide bonds. The summed E-state index contributed by atoms with van der Waals surface area (Å²) in [4.78, 5) is 27.3. The number of carbonyl (C=O) groups is 1. The van der Waals surface area contributed by atoms with Gasteiger partial charge in [-0.25, -0.2) is 13.5 Å². The normalized spacial score (nSPS) is 15.6. The number of rotatable bonds is 9. The largest absolute Gasteiger partial charge is 0.336 e. The summed E-state index contributed by atoms with van der Waals surface area (Å²) in [6.45, 7) is 5.77. The van der Waals surface area contributed by atoms with Crippen molar-refractivity contribution in [3.8, 4) is 0 Å². The molecular weight excluding hydrogens is 544 g/mol. The SMILES string of the molecule is CC(C)N1CCN(C(=O)c2cc(N(CCBr)OS(C)(=O)=O)c(S(C)(=O)=O)cc2[N+](=O)[O-])CC1. The summed E-state index contributed by atoms with van der Waals surface area (Å²) in [6.07, 6.45) is 1.61. The molecule has 1 saturated heterocycles. The maximum Gasteiger partial charge on any atom is 0.285 e. The van der Waals surface area contributed by atoms with Crippen LogP contribution < -0.4 is 5.06 Å². The Hall–Kier alpha value is -1.81. The van der Waals surface area contributed by atoms with E-state index in [4.69, 9.17) is 4.28 Å². The number of sulfone groups is 1. The smallest absolute Gasteiger partial charge is 0.285 e. The number of carbonyl (C=O) groups excluding carboxylic acids is 1. The summed E-state index contributed by atoms with van der Waals surface area (Å²) in [7, 11) is -8.14. The van der Waals surface area contributed by atoms with Crippen LogP contribution in [-0.4, -0.2) is 94.1 Å². The van der Waals surface area contributed by atoms with Gasteiger partial charge in [-0.15, -0.1) is 4.28 Å². The fraction of sp³-hybridized carbons (Fsp3) is 0.611. The van der Waals surface area contributed by atoms with E-state index in [9.17, 15) is 31.7 Å². The average Bonchev–Trinajstić information content (AvgIpc) is 2.70. The number of halogens is 1. The number of alkyl halides is 1. The first kappa shape index (κ1) is 27.4. The Morgan fingerprint density at radius 3 is 2.18 bits per heavy atom. The van der Waals surface area contributed by atoms with Crippen LogP contribution in [0.4, 0.5) is 11.4 Å². The third-order valence-corrected chi connectivity index (χ3v) is 6.95. The molecule has 1 aliphatic heterocycles. The van der Waals surface area contributed by atoms with Gasteiger partial charge in [0, 0.05) is 49.9 Å². The van der Waals surface area contributed by atoms with Gasteiger partial charge in [-0.2, -0.15) is 8.42 Å². The number of anilines is 1. The highest BCUT2D eigenvalue weighted by molar-refractivity contribution is 9.09. The van der Waals surface area contributed by atoms with Gasteiger partial charge in [0.05, 0.1) is 28.3 Å². The number of nitro groups is 1. The number of amides is 1. The third-order valence-electron chi connectivity index (χ3n) is 5.02. The zero-order chi connectivity index (χ0) is 25.1. The molecular formula is C18H27BrN4O8S2. The molecule has 1 aliphatic rings. The van der Waals surface area contributed by atoms with E-state index in [0.29, 0.717) is 26.2 Å². The van der Waals surface area contributed by atoms with Gasteiger partial charge in [0.2, 0.25) is 0 Å². The van der Waals surface area contributed by atoms with Crippen molar-refractivity contribution in [1.29, 1.82) is 0 Å². The van der Waals surface area contributed by atoms with Gasteiger partial charge < -0.3 is 4.90 Å². The second-order valence-corrected chi connectivity index (χ2v) is 12.2. The number of piperazine rings is 1. The minimum absolute atomic E-state index is 0.117. The van der Waals surface area contributed by atoms with Gasteiger partial charge in [0.15, 0.2) is 9.84 Å². The number of nitrogens with zero attached hydrogens (tertiary/aromatic N) is 4. The van der Waals surface area contributed by atoms with E-state index in [1.807, 2.05) is 13.8 Å². The molecule has 1 fully saturated rings. The third kappa shape index (κ3) is 7.09. The lowest BCUT2D eigenvalue weighted by atomic mass is 10.1. The zero-order valence-corrected chi connectivity index (χ0v) is 21.9. The van der Waals surface area contributed by atoms with Gasteiger partial charge in [0.25, 0.3) is 21.7 Å². The molecule has 0 spiro atoms. The molecule has 12 nitrogen and oxygen atoms in total. The Bertz CT molecular complexity index is 1120. The topological polar surface area (TPSA) is 147 Å². The van der Waals surface area contributed by atoms with E-state index in [2.05, 4.69) is 20.8 Å². The average molecular weight is 571 g/mol. The van der Waals surface area contributed by atoms with E-state index in [0.717, 1.165) is 29.7 Å². The summed E-state index contributed by atoms with van der Waals surface area (Å²) in [5.41, 5.74) is -1.32. The predicted octanol–water partition coefficient (Wildman–Crippen LogP) is 1.26. The first-order valence-electron chi connectivity index (χ1n) is 9.94. The molecule has 1 aromatic rings. The summed E-state index contributed by atoms with van der Waals surface area (Å²) in [5, 5.41) is 12.7. The van der Waals surface area contributed by atoms with E-state index < -0.39 is 41.4 Å². The number of benzene rings is 1. The van der Waals surface area contributed by atoms with E-state index in [1.54, 1.807) is 0 Å².